The molecule has 2 rings (SSSR count). The quantitative estimate of drug-likeness (QED) is 0.786. The van der Waals surface area contributed by atoms with Gasteiger partial charge in [-0.2, -0.15) is 0 Å². The third-order valence-electron chi connectivity index (χ3n) is 3.12. The molecule has 0 radical (unpaired) electrons. The van der Waals surface area contributed by atoms with Gasteiger partial charge in [-0.1, -0.05) is 18.2 Å². The van der Waals surface area contributed by atoms with Crippen molar-refractivity contribution in [1.82, 2.24) is 0 Å². The van der Waals surface area contributed by atoms with Gasteiger partial charge in [0.1, 0.15) is 5.75 Å². The monoisotopic (exact) mass is 217 g/mol. The molecule has 1 aliphatic rings. The lowest BCUT2D eigenvalue weighted by Gasteiger charge is -2.14. The molecule has 1 aliphatic carbocycles. The van der Waals surface area contributed by atoms with Gasteiger partial charge in [-0.05, 0) is 43.4 Å². The van der Waals surface area contributed by atoms with Crippen LogP contribution in [0.4, 0.5) is 0 Å². The Hall–Kier alpha value is -1.28. The minimum atomic E-state index is -0.0828. The Bertz CT molecular complexity index is 338. The van der Waals surface area contributed by atoms with E-state index in [1.165, 1.54) is 25.7 Å². The van der Waals surface area contributed by atoms with Crippen LogP contribution in [-0.2, 0) is 0 Å². The predicted octanol–water partition coefficient (Wildman–Crippen LogP) is 3.19. The molecule has 2 nitrogen and oxygen atoms in total. The summed E-state index contributed by atoms with van der Waals surface area (Å²) in [5, 5.41) is 0. The molecule has 1 atom stereocenters. The molecule has 16 heavy (non-hydrogen) atoms. The van der Waals surface area contributed by atoms with Gasteiger partial charge in [0.2, 0.25) is 0 Å². The van der Waals surface area contributed by atoms with Crippen molar-refractivity contribution in [3.8, 4) is 5.75 Å². The van der Waals surface area contributed by atoms with Crippen LogP contribution in [0.15, 0.2) is 36.9 Å². The first-order valence-electron chi connectivity index (χ1n) is 5.94. The fourth-order valence-electron chi connectivity index (χ4n) is 2.10. The third kappa shape index (κ3) is 2.64. The normalized spacial score (nSPS) is 18.3. The van der Waals surface area contributed by atoms with E-state index in [1.54, 1.807) is 6.08 Å². The minimum Gasteiger partial charge on any atom is -0.490 e. The van der Waals surface area contributed by atoms with Gasteiger partial charge in [-0.15, -0.1) is 6.58 Å². The first-order chi connectivity index (χ1) is 7.79. The minimum absolute atomic E-state index is 0.0828. The molecule has 1 fully saturated rings. The molecule has 1 aromatic carbocycles. The van der Waals surface area contributed by atoms with Gasteiger partial charge < -0.3 is 10.5 Å². The summed E-state index contributed by atoms with van der Waals surface area (Å²) in [4.78, 5) is 0. The topological polar surface area (TPSA) is 35.2 Å². The molecule has 0 saturated heterocycles. The van der Waals surface area contributed by atoms with Gasteiger partial charge in [-0.3, -0.25) is 0 Å². The highest BCUT2D eigenvalue weighted by Gasteiger charge is 2.16. The van der Waals surface area contributed by atoms with Crippen molar-refractivity contribution in [3.05, 3.63) is 42.5 Å². The first kappa shape index (κ1) is 11.2. The summed E-state index contributed by atoms with van der Waals surface area (Å²) < 4.78 is 5.88. The molecule has 2 heteroatoms. The van der Waals surface area contributed by atoms with Crippen LogP contribution in [0.3, 0.4) is 0 Å². The maximum Gasteiger partial charge on any atom is 0.119 e. The summed E-state index contributed by atoms with van der Waals surface area (Å²) in [7, 11) is 0. The van der Waals surface area contributed by atoms with E-state index in [4.69, 9.17) is 10.5 Å². The van der Waals surface area contributed by atoms with E-state index in [2.05, 4.69) is 6.58 Å². The summed E-state index contributed by atoms with van der Waals surface area (Å²) in [6.07, 6.45) is 7.13. The van der Waals surface area contributed by atoms with Crippen LogP contribution in [-0.4, -0.2) is 6.10 Å². The second-order valence-electron chi connectivity index (χ2n) is 4.35. The molecule has 1 saturated carbocycles. The Labute approximate surface area is 97.1 Å². The molecule has 0 aromatic heterocycles. The number of hydrogen-bond acceptors (Lipinski definition) is 2. The van der Waals surface area contributed by atoms with Crippen LogP contribution in [0, 0.1) is 0 Å². The molecule has 2 N–H and O–H groups in total. The maximum atomic E-state index is 5.88. The number of ether oxygens (including phenoxy) is 1. The van der Waals surface area contributed by atoms with Gasteiger partial charge in [0.15, 0.2) is 0 Å². The highest BCUT2D eigenvalue weighted by Crippen LogP contribution is 2.25. The third-order valence-corrected chi connectivity index (χ3v) is 3.12. The highest BCUT2D eigenvalue weighted by molar-refractivity contribution is 5.30. The van der Waals surface area contributed by atoms with Crippen molar-refractivity contribution in [2.45, 2.75) is 37.8 Å². The molecular formula is C14H19NO. The summed E-state index contributed by atoms with van der Waals surface area (Å²) in [5.74, 6) is 0.951. The average Bonchev–Trinajstić information content (AvgIpc) is 2.82. The average molecular weight is 217 g/mol. The zero-order chi connectivity index (χ0) is 11.4. The summed E-state index contributed by atoms with van der Waals surface area (Å²) in [6, 6.07) is 7.93. The Kier molecular flexibility index (Phi) is 3.62. The lowest BCUT2D eigenvalue weighted by molar-refractivity contribution is 0.210. The summed E-state index contributed by atoms with van der Waals surface area (Å²) in [5.41, 5.74) is 6.93. The molecule has 0 unspecified atom stereocenters. The zero-order valence-electron chi connectivity index (χ0n) is 9.56. The van der Waals surface area contributed by atoms with Crippen LogP contribution in [0.1, 0.15) is 37.3 Å². The molecule has 0 spiro atoms. The van der Waals surface area contributed by atoms with Crippen molar-refractivity contribution in [1.29, 1.82) is 0 Å². The van der Waals surface area contributed by atoms with E-state index < -0.39 is 0 Å². The van der Waals surface area contributed by atoms with Crippen molar-refractivity contribution >= 4 is 0 Å². The fourth-order valence-corrected chi connectivity index (χ4v) is 2.10. The van der Waals surface area contributed by atoms with Crippen molar-refractivity contribution in [2.24, 2.45) is 5.73 Å². The van der Waals surface area contributed by atoms with Crippen molar-refractivity contribution in [2.75, 3.05) is 0 Å². The molecule has 0 amide bonds. The van der Waals surface area contributed by atoms with Crippen LogP contribution >= 0.6 is 0 Å². The van der Waals surface area contributed by atoms with E-state index in [1.807, 2.05) is 24.3 Å². The second kappa shape index (κ2) is 5.17. The largest absolute Gasteiger partial charge is 0.490 e. The van der Waals surface area contributed by atoms with Crippen LogP contribution in [0.5, 0.6) is 5.75 Å². The molecule has 86 valence electrons. The molecular weight excluding hydrogens is 198 g/mol. The van der Waals surface area contributed by atoms with Crippen LogP contribution < -0.4 is 10.5 Å². The molecule has 1 aromatic rings. The SMILES string of the molecule is C=C[C@@H](N)c1ccc(OC2CCCC2)cc1. The van der Waals surface area contributed by atoms with Crippen LogP contribution in [0.25, 0.3) is 0 Å². The maximum absolute atomic E-state index is 5.88. The van der Waals surface area contributed by atoms with Gasteiger partial charge in [0.05, 0.1) is 6.10 Å². The molecule has 0 aliphatic heterocycles. The Balaban J connectivity index is 1.98. The van der Waals surface area contributed by atoms with E-state index in [0.29, 0.717) is 6.10 Å². The summed E-state index contributed by atoms with van der Waals surface area (Å²) >= 11 is 0. The van der Waals surface area contributed by atoms with Crippen molar-refractivity contribution < 1.29 is 4.74 Å². The number of rotatable bonds is 4. The fraction of sp³-hybridized carbons (Fsp3) is 0.429. The lowest BCUT2D eigenvalue weighted by Crippen LogP contribution is -2.11. The van der Waals surface area contributed by atoms with E-state index in [9.17, 15) is 0 Å². The first-order valence-corrected chi connectivity index (χ1v) is 5.94. The lowest BCUT2D eigenvalue weighted by atomic mass is 10.1. The second-order valence-corrected chi connectivity index (χ2v) is 4.35. The molecule has 0 bridgehead atoms. The number of hydrogen-bond donors (Lipinski definition) is 1. The van der Waals surface area contributed by atoms with Gasteiger partial charge in [0, 0.05) is 6.04 Å². The van der Waals surface area contributed by atoms with Gasteiger partial charge >= 0.3 is 0 Å². The smallest absolute Gasteiger partial charge is 0.119 e. The van der Waals surface area contributed by atoms with Crippen molar-refractivity contribution in [3.63, 3.8) is 0 Å². The Morgan fingerprint density at radius 3 is 2.44 bits per heavy atom. The highest BCUT2D eigenvalue weighted by atomic mass is 16.5. The Morgan fingerprint density at radius 2 is 1.88 bits per heavy atom. The van der Waals surface area contributed by atoms with E-state index in [0.717, 1.165) is 11.3 Å². The van der Waals surface area contributed by atoms with Gasteiger partial charge in [-0.25, -0.2) is 0 Å². The van der Waals surface area contributed by atoms with Gasteiger partial charge in [0.25, 0.3) is 0 Å². The van der Waals surface area contributed by atoms with Crippen LogP contribution in [0.2, 0.25) is 0 Å². The number of nitrogens with two attached hydrogens (primary N) is 1. The number of benzene rings is 1. The van der Waals surface area contributed by atoms with E-state index >= 15 is 0 Å². The zero-order valence-corrected chi connectivity index (χ0v) is 9.56. The van der Waals surface area contributed by atoms with E-state index in [-0.39, 0.29) is 6.04 Å². The Morgan fingerprint density at radius 1 is 1.25 bits per heavy atom. The standard InChI is InChI=1S/C14H19NO/c1-2-14(15)11-7-9-13(10-8-11)16-12-5-3-4-6-12/h2,7-10,12,14H,1,3-6,15H2/t14-/m1/s1. The summed E-state index contributed by atoms with van der Waals surface area (Å²) in [6.45, 7) is 3.69. The predicted molar refractivity (Wildman–Crippen MR) is 66.5 cm³/mol. The molecule has 0 heterocycles.